The first-order valence-corrected chi connectivity index (χ1v) is 11.0. The standard InChI is InChI=1S/C26H23ClF2O4/c27-19-11-9-18(10-12-19)24(17-7-8-17)26(29,25(31)32)23(30)15-16-6-13-21(28)22(14-16)33-20-4-2-1-3-5-20/h1-6,9-14,17,23-24,30H,7-8,15H2,(H,31,32)/t23-,24-,26+/m0/s1. The second kappa shape index (κ2) is 9.49. The van der Waals surface area contributed by atoms with Crippen molar-refractivity contribution < 1.29 is 28.5 Å². The summed E-state index contributed by atoms with van der Waals surface area (Å²) in [6.07, 6.45) is -0.855. The Hall–Kier alpha value is -2.96. The van der Waals surface area contributed by atoms with E-state index < -0.39 is 29.5 Å². The number of halogens is 3. The van der Waals surface area contributed by atoms with Crippen LogP contribution in [0.2, 0.25) is 5.02 Å². The lowest BCUT2D eigenvalue weighted by molar-refractivity contribution is -0.163. The highest BCUT2D eigenvalue weighted by Gasteiger charge is 2.57. The van der Waals surface area contributed by atoms with Crippen molar-refractivity contribution in [2.24, 2.45) is 5.92 Å². The number of carbonyl (C=O) groups is 1. The zero-order valence-corrected chi connectivity index (χ0v) is 18.4. The third-order valence-electron chi connectivity index (χ3n) is 5.98. The first-order valence-electron chi connectivity index (χ1n) is 10.7. The van der Waals surface area contributed by atoms with Crippen LogP contribution in [0.1, 0.15) is 29.9 Å². The summed E-state index contributed by atoms with van der Waals surface area (Å²) in [5.74, 6) is -3.28. The van der Waals surface area contributed by atoms with Gasteiger partial charge in [0.25, 0.3) is 0 Å². The fourth-order valence-electron chi connectivity index (χ4n) is 4.18. The van der Waals surface area contributed by atoms with Gasteiger partial charge < -0.3 is 14.9 Å². The minimum Gasteiger partial charge on any atom is -0.479 e. The van der Waals surface area contributed by atoms with Crippen molar-refractivity contribution in [1.82, 2.24) is 0 Å². The highest BCUT2D eigenvalue weighted by atomic mass is 35.5. The highest BCUT2D eigenvalue weighted by molar-refractivity contribution is 6.30. The van der Waals surface area contributed by atoms with Gasteiger partial charge in [0, 0.05) is 17.4 Å². The quantitative estimate of drug-likeness (QED) is 0.391. The average Bonchev–Trinajstić information content (AvgIpc) is 3.63. The maximum Gasteiger partial charge on any atom is 0.344 e. The Morgan fingerprint density at radius 3 is 2.36 bits per heavy atom. The van der Waals surface area contributed by atoms with Crippen LogP contribution in [-0.2, 0) is 11.2 Å². The molecule has 1 aliphatic rings. The number of alkyl halides is 1. The summed E-state index contributed by atoms with van der Waals surface area (Å²) in [7, 11) is 0. The molecule has 0 spiro atoms. The molecule has 1 saturated carbocycles. The summed E-state index contributed by atoms with van der Waals surface area (Å²) < 4.78 is 36.1. The Bertz CT molecular complexity index is 1120. The van der Waals surface area contributed by atoms with Crippen molar-refractivity contribution in [2.45, 2.75) is 37.0 Å². The lowest BCUT2D eigenvalue weighted by Gasteiger charge is -2.35. The van der Waals surface area contributed by atoms with E-state index in [0.29, 0.717) is 34.7 Å². The topological polar surface area (TPSA) is 66.8 Å². The van der Waals surface area contributed by atoms with Gasteiger partial charge in [-0.05, 0) is 66.3 Å². The average molecular weight is 473 g/mol. The van der Waals surface area contributed by atoms with Crippen LogP contribution in [0.5, 0.6) is 11.5 Å². The molecule has 172 valence electrons. The number of ether oxygens (including phenoxy) is 1. The van der Waals surface area contributed by atoms with Crippen molar-refractivity contribution >= 4 is 17.6 Å². The minimum absolute atomic E-state index is 0.0953. The Balaban J connectivity index is 1.62. The maximum atomic E-state index is 16.3. The number of aliphatic carboxylic acids is 1. The third-order valence-corrected chi connectivity index (χ3v) is 6.24. The van der Waals surface area contributed by atoms with Gasteiger partial charge in [-0.25, -0.2) is 13.6 Å². The molecule has 0 saturated heterocycles. The zero-order valence-electron chi connectivity index (χ0n) is 17.6. The highest BCUT2D eigenvalue weighted by Crippen LogP contribution is 2.51. The molecule has 3 aromatic carbocycles. The molecule has 0 unspecified atom stereocenters. The van der Waals surface area contributed by atoms with E-state index in [1.165, 1.54) is 12.1 Å². The molecule has 0 amide bonds. The Morgan fingerprint density at radius 1 is 1.09 bits per heavy atom. The lowest BCUT2D eigenvalue weighted by atomic mass is 9.75. The molecule has 0 radical (unpaired) electrons. The van der Waals surface area contributed by atoms with E-state index in [-0.39, 0.29) is 18.1 Å². The van der Waals surface area contributed by atoms with Gasteiger partial charge in [0.1, 0.15) is 11.9 Å². The molecule has 0 heterocycles. The molecule has 7 heteroatoms. The van der Waals surface area contributed by atoms with Crippen LogP contribution in [-0.4, -0.2) is 28.0 Å². The second-order valence-electron chi connectivity index (χ2n) is 8.34. The van der Waals surface area contributed by atoms with Crippen molar-refractivity contribution in [3.63, 3.8) is 0 Å². The number of para-hydroxylation sites is 1. The Labute approximate surface area is 195 Å². The molecule has 0 bridgehead atoms. The summed E-state index contributed by atoms with van der Waals surface area (Å²) in [6.45, 7) is 0. The van der Waals surface area contributed by atoms with Crippen LogP contribution in [0.4, 0.5) is 8.78 Å². The SMILES string of the molecule is O=C(O)[C@](F)([C@H](c1ccc(Cl)cc1)C1CC1)[C@@H](O)Cc1ccc(F)c(Oc2ccccc2)c1. The van der Waals surface area contributed by atoms with Crippen LogP contribution >= 0.6 is 11.6 Å². The largest absolute Gasteiger partial charge is 0.479 e. The molecule has 3 aromatic rings. The predicted molar refractivity (Wildman–Crippen MR) is 121 cm³/mol. The number of hydrogen-bond donors (Lipinski definition) is 2. The second-order valence-corrected chi connectivity index (χ2v) is 8.78. The molecule has 33 heavy (non-hydrogen) atoms. The summed E-state index contributed by atoms with van der Waals surface area (Å²) in [5.41, 5.74) is -2.12. The number of carboxylic acid groups (broad SMARTS) is 1. The summed E-state index contributed by atoms with van der Waals surface area (Å²) in [6, 6.07) is 18.8. The van der Waals surface area contributed by atoms with Crippen LogP contribution < -0.4 is 4.74 Å². The van der Waals surface area contributed by atoms with Crippen LogP contribution in [0.25, 0.3) is 0 Å². The van der Waals surface area contributed by atoms with E-state index in [0.717, 1.165) is 6.07 Å². The first kappa shape index (κ1) is 23.2. The molecular formula is C26H23ClF2O4. The number of hydrogen-bond acceptors (Lipinski definition) is 3. The Kier molecular flexibility index (Phi) is 6.68. The van der Waals surface area contributed by atoms with Gasteiger partial charge in [-0.15, -0.1) is 0 Å². The van der Waals surface area contributed by atoms with Gasteiger partial charge in [0.05, 0.1) is 0 Å². The van der Waals surface area contributed by atoms with Crippen LogP contribution in [0.3, 0.4) is 0 Å². The summed E-state index contributed by atoms with van der Waals surface area (Å²) in [5, 5.41) is 21.2. The van der Waals surface area contributed by atoms with Gasteiger partial charge >= 0.3 is 5.97 Å². The number of rotatable bonds is 9. The summed E-state index contributed by atoms with van der Waals surface area (Å²) >= 11 is 5.94. The van der Waals surface area contributed by atoms with Crippen molar-refractivity contribution in [3.05, 3.63) is 94.8 Å². The molecule has 0 aliphatic heterocycles. The van der Waals surface area contributed by atoms with E-state index >= 15 is 4.39 Å². The fourth-order valence-corrected chi connectivity index (χ4v) is 4.31. The Morgan fingerprint density at radius 2 is 1.76 bits per heavy atom. The maximum absolute atomic E-state index is 16.3. The van der Waals surface area contributed by atoms with Gasteiger partial charge in [-0.2, -0.15) is 0 Å². The van der Waals surface area contributed by atoms with E-state index in [2.05, 4.69) is 0 Å². The summed E-state index contributed by atoms with van der Waals surface area (Å²) in [4.78, 5) is 12.2. The van der Waals surface area contributed by atoms with Crippen molar-refractivity contribution in [3.8, 4) is 11.5 Å². The van der Waals surface area contributed by atoms with Crippen molar-refractivity contribution in [2.75, 3.05) is 0 Å². The number of carboxylic acids is 1. The smallest absolute Gasteiger partial charge is 0.344 e. The minimum atomic E-state index is -2.94. The number of benzene rings is 3. The van der Waals surface area contributed by atoms with Crippen molar-refractivity contribution in [1.29, 1.82) is 0 Å². The van der Waals surface area contributed by atoms with Gasteiger partial charge in [0.2, 0.25) is 5.67 Å². The van der Waals surface area contributed by atoms with Gasteiger partial charge in [-0.3, -0.25) is 0 Å². The molecule has 2 N–H and O–H groups in total. The monoisotopic (exact) mass is 472 g/mol. The lowest BCUT2D eigenvalue weighted by Crippen LogP contribution is -2.52. The number of aliphatic hydroxyl groups is 1. The van der Waals surface area contributed by atoms with E-state index in [9.17, 15) is 19.4 Å². The molecule has 4 nitrogen and oxygen atoms in total. The third kappa shape index (κ3) is 5.02. The fraction of sp³-hybridized carbons (Fsp3) is 0.269. The molecule has 3 atom stereocenters. The predicted octanol–water partition coefficient (Wildman–Crippen LogP) is 6.16. The zero-order chi connectivity index (χ0) is 23.6. The van der Waals surface area contributed by atoms with Crippen LogP contribution in [0, 0.1) is 11.7 Å². The molecule has 0 aromatic heterocycles. The van der Waals surface area contributed by atoms with Gasteiger partial charge in [-0.1, -0.05) is 48.0 Å². The molecular weight excluding hydrogens is 450 g/mol. The first-order chi connectivity index (χ1) is 15.8. The van der Waals surface area contributed by atoms with Crippen LogP contribution in [0.15, 0.2) is 72.8 Å². The normalized spacial score (nSPS) is 17.1. The molecule has 1 aliphatic carbocycles. The van der Waals surface area contributed by atoms with E-state index in [1.807, 2.05) is 0 Å². The number of aliphatic hydroxyl groups excluding tert-OH is 1. The molecule has 4 rings (SSSR count). The molecule has 1 fully saturated rings. The van der Waals surface area contributed by atoms with E-state index in [1.54, 1.807) is 54.6 Å². The van der Waals surface area contributed by atoms with E-state index in [4.69, 9.17) is 16.3 Å². The van der Waals surface area contributed by atoms with Gasteiger partial charge in [0.15, 0.2) is 11.6 Å².